The fraction of sp³-hybridized carbons (Fsp3) is 0.312. The molecule has 1 aromatic heterocycles. The number of esters is 1. The van der Waals surface area contributed by atoms with Gasteiger partial charge < -0.3 is 14.6 Å². The minimum Gasteiger partial charge on any atom is -0.465 e. The van der Waals surface area contributed by atoms with Gasteiger partial charge in [-0.25, -0.2) is 9.78 Å². The van der Waals surface area contributed by atoms with Gasteiger partial charge in [-0.1, -0.05) is 0 Å². The summed E-state index contributed by atoms with van der Waals surface area (Å²) >= 11 is 0. The molecule has 0 saturated carbocycles. The topological polar surface area (TPSA) is 73.2 Å². The SMILES string of the molecule is COC(=O)c1ccc(NC(=O)C2CCn3cncc3C2)cc1. The normalized spacial score (nSPS) is 16.7. The van der Waals surface area contributed by atoms with Gasteiger partial charge in [0.15, 0.2) is 0 Å². The van der Waals surface area contributed by atoms with Crippen molar-refractivity contribution in [2.24, 2.45) is 5.92 Å². The van der Waals surface area contributed by atoms with Crippen LogP contribution in [0.4, 0.5) is 5.69 Å². The maximum Gasteiger partial charge on any atom is 0.337 e. The largest absolute Gasteiger partial charge is 0.465 e. The minimum atomic E-state index is -0.390. The first kappa shape index (κ1) is 14.3. The zero-order valence-electron chi connectivity index (χ0n) is 12.3. The molecule has 1 N–H and O–H groups in total. The molecule has 0 spiro atoms. The third-order valence-corrected chi connectivity index (χ3v) is 3.92. The summed E-state index contributed by atoms with van der Waals surface area (Å²) in [6, 6.07) is 6.68. The highest BCUT2D eigenvalue weighted by Crippen LogP contribution is 2.21. The predicted molar refractivity (Wildman–Crippen MR) is 80.4 cm³/mol. The minimum absolute atomic E-state index is 0.00160. The molecule has 0 fully saturated rings. The van der Waals surface area contributed by atoms with Gasteiger partial charge in [-0.05, 0) is 30.7 Å². The molecular formula is C16H17N3O3. The molecule has 2 aromatic rings. The molecule has 1 amide bonds. The molecule has 1 aliphatic heterocycles. The van der Waals surface area contributed by atoms with Gasteiger partial charge >= 0.3 is 5.97 Å². The van der Waals surface area contributed by atoms with Crippen molar-refractivity contribution in [2.75, 3.05) is 12.4 Å². The van der Waals surface area contributed by atoms with Crippen LogP contribution >= 0.6 is 0 Å². The number of rotatable bonds is 3. The molecule has 0 bridgehead atoms. The van der Waals surface area contributed by atoms with Crippen LogP contribution < -0.4 is 5.32 Å². The van der Waals surface area contributed by atoms with E-state index in [1.54, 1.807) is 30.6 Å². The Kier molecular flexibility index (Phi) is 3.91. The average Bonchev–Trinajstić information content (AvgIpc) is 3.02. The van der Waals surface area contributed by atoms with Crippen LogP contribution in [0.15, 0.2) is 36.8 Å². The molecule has 0 radical (unpaired) electrons. The first-order valence-electron chi connectivity index (χ1n) is 7.15. The van der Waals surface area contributed by atoms with Crippen molar-refractivity contribution in [3.05, 3.63) is 48.0 Å². The lowest BCUT2D eigenvalue weighted by molar-refractivity contribution is -0.120. The van der Waals surface area contributed by atoms with Gasteiger partial charge in [-0.2, -0.15) is 0 Å². The third-order valence-electron chi connectivity index (χ3n) is 3.92. The molecule has 2 heterocycles. The lowest BCUT2D eigenvalue weighted by atomic mass is 9.95. The van der Waals surface area contributed by atoms with Crippen LogP contribution in [0.25, 0.3) is 0 Å². The van der Waals surface area contributed by atoms with Gasteiger partial charge in [0.05, 0.1) is 19.0 Å². The molecule has 1 aromatic carbocycles. The van der Waals surface area contributed by atoms with Crippen molar-refractivity contribution < 1.29 is 14.3 Å². The lowest BCUT2D eigenvalue weighted by Crippen LogP contribution is -2.29. The summed E-state index contributed by atoms with van der Waals surface area (Å²) in [6.07, 6.45) is 5.11. The molecule has 1 aliphatic rings. The second kappa shape index (κ2) is 6.01. The van der Waals surface area contributed by atoms with Crippen molar-refractivity contribution in [1.29, 1.82) is 0 Å². The number of aryl methyl sites for hydroxylation is 1. The number of carbonyl (C=O) groups excluding carboxylic acids is 2. The molecule has 0 saturated heterocycles. The Balaban J connectivity index is 1.64. The number of hydrogen-bond donors (Lipinski definition) is 1. The van der Waals surface area contributed by atoms with E-state index in [1.165, 1.54) is 7.11 Å². The summed E-state index contributed by atoms with van der Waals surface area (Å²) in [5.41, 5.74) is 2.23. The Morgan fingerprint density at radius 2 is 2.09 bits per heavy atom. The van der Waals surface area contributed by atoms with Crippen LogP contribution in [0.2, 0.25) is 0 Å². The second-order valence-corrected chi connectivity index (χ2v) is 5.33. The molecule has 1 atom stereocenters. The van der Waals surface area contributed by atoms with Crippen molar-refractivity contribution in [3.8, 4) is 0 Å². The van der Waals surface area contributed by atoms with Crippen LogP contribution in [-0.2, 0) is 22.5 Å². The van der Waals surface area contributed by atoms with Crippen molar-refractivity contribution in [2.45, 2.75) is 19.4 Å². The van der Waals surface area contributed by atoms with Gasteiger partial charge in [-0.15, -0.1) is 0 Å². The monoisotopic (exact) mass is 299 g/mol. The van der Waals surface area contributed by atoms with Gasteiger partial charge in [0.1, 0.15) is 0 Å². The van der Waals surface area contributed by atoms with E-state index >= 15 is 0 Å². The van der Waals surface area contributed by atoms with Crippen molar-refractivity contribution >= 4 is 17.6 Å². The zero-order valence-corrected chi connectivity index (χ0v) is 12.3. The summed E-state index contributed by atoms with van der Waals surface area (Å²) in [5, 5.41) is 2.90. The highest BCUT2D eigenvalue weighted by molar-refractivity contribution is 5.94. The number of aromatic nitrogens is 2. The van der Waals surface area contributed by atoms with E-state index < -0.39 is 5.97 Å². The highest BCUT2D eigenvalue weighted by atomic mass is 16.5. The summed E-state index contributed by atoms with van der Waals surface area (Å²) in [5.74, 6) is -0.443. The Bertz CT molecular complexity index is 691. The van der Waals surface area contributed by atoms with Gasteiger partial charge in [-0.3, -0.25) is 4.79 Å². The molecule has 6 nitrogen and oxygen atoms in total. The smallest absolute Gasteiger partial charge is 0.337 e. The van der Waals surface area contributed by atoms with E-state index in [1.807, 2.05) is 6.20 Å². The third kappa shape index (κ3) is 2.86. The fourth-order valence-corrected chi connectivity index (χ4v) is 2.64. The van der Waals surface area contributed by atoms with E-state index in [-0.39, 0.29) is 11.8 Å². The number of fused-ring (bicyclic) bond motifs is 1. The van der Waals surface area contributed by atoms with E-state index in [2.05, 4.69) is 19.6 Å². The molecule has 6 heteroatoms. The summed E-state index contributed by atoms with van der Waals surface area (Å²) < 4.78 is 6.72. The molecule has 1 unspecified atom stereocenters. The number of nitrogens with one attached hydrogen (secondary N) is 1. The van der Waals surface area contributed by atoms with Gasteiger partial charge in [0.25, 0.3) is 0 Å². The number of hydrogen-bond acceptors (Lipinski definition) is 4. The summed E-state index contributed by atoms with van der Waals surface area (Å²) in [7, 11) is 1.34. The van der Waals surface area contributed by atoms with Crippen LogP contribution in [-0.4, -0.2) is 28.5 Å². The Labute approximate surface area is 128 Å². The maximum atomic E-state index is 12.3. The molecular weight excluding hydrogens is 282 g/mol. The molecule has 114 valence electrons. The Morgan fingerprint density at radius 3 is 2.82 bits per heavy atom. The number of amides is 1. The standard InChI is InChI=1S/C16H17N3O3/c1-22-16(21)11-2-4-13(5-3-11)18-15(20)12-6-7-19-10-17-9-14(19)8-12/h2-5,9-10,12H,6-8H2,1H3,(H,18,20). The number of benzene rings is 1. The van der Waals surface area contributed by atoms with Crippen LogP contribution in [0, 0.1) is 5.92 Å². The molecule has 0 aliphatic carbocycles. The quantitative estimate of drug-likeness (QED) is 0.878. The van der Waals surface area contributed by atoms with E-state index in [0.717, 1.165) is 18.7 Å². The lowest BCUT2D eigenvalue weighted by Gasteiger charge is -2.23. The van der Waals surface area contributed by atoms with E-state index in [4.69, 9.17) is 0 Å². The first-order valence-corrected chi connectivity index (χ1v) is 7.15. The zero-order chi connectivity index (χ0) is 15.5. The average molecular weight is 299 g/mol. The van der Waals surface area contributed by atoms with Crippen LogP contribution in [0.5, 0.6) is 0 Å². The number of nitrogens with zero attached hydrogens (tertiary/aromatic N) is 2. The first-order chi connectivity index (χ1) is 10.7. The predicted octanol–water partition coefficient (Wildman–Crippen LogP) is 1.87. The van der Waals surface area contributed by atoms with Gasteiger partial charge in [0.2, 0.25) is 5.91 Å². The highest BCUT2D eigenvalue weighted by Gasteiger charge is 2.24. The van der Waals surface area contributed by atoms with Gasteiger partial charge in [0, 0.05) is 36.5 Å². The van der Waals surface area contributed by atoms with Crippen LogP contribution in [0.3, 0.4) is 0 Å². The second-order valence-electron chi connectivity index (χ2n) is 5.33. The van der Waals surface area contributed by atoms with Crippen molar-refractivity contribution in [3.63, 3.8) is 0 Å². The van der Waals surface area contributed by atoms with Crippen molar-refractivity contribution in [1.82, 2.24) is 9.55 Å². The molecule has 22 heavy (non-hydrogen) atoms. The van der Waals surface area contributed by atoms with E-state index in [9.17, 15) is 9.59 Å². The fourth-order valence-electron chi connectivity index (χ4n) is 2.64. The number of methoxy groups -OCH3 is 1. The molecule has 3 rings (SSSR count). The number of imidazole rings is 1. The Hall–Kier alpha value is -2.63. The maximum absolute atomic E-state index is 12.3. The Morgan fingerprint density at radius 1 is 1.32 bits per heavy atom. The summed E-state index contributed by atoms with van der Waals surface area (Å²) in [4.78, 5) is 27.8. The summed E-state index contributed by atoms with van der Waals surface area (Å²) in [6.45, 7) is 0.814. The number of anilines is 1. The number of carbonyl (C=O) groups is 2. The van der Waals surface area contributed by atoms with E-state index in [0.29, 0.717) is 17.7 Å². The van der Waals surface area contributed by atoms with Crippen LogP contribution in [0.1, 0.15) is 22.5 Å². The number of ether oxygens (including phenoxy) is 1.